The van der Waals surface area contributed by atoms with Crippen molar-refractivity contribution >= 4 is 22.8 Å². The molecule has 1 rings (SSSR count). The molecule has 0 saturated carbocycles. The van der Waals surface area contributed by atoms with Crippen molar-refractivity contribution < 1.29 is 13.2 Å². The number of rotatable bonds is 3. The summed E-state index contributed by atoms with van der Waals surface area (Å²) >= 11 is 4.99. The summed E-state index contributed by atoms with van der Waals surface area (Å²) in [5.74, 6) is 0. The molecule has 0 amide bonds. The van der Waals surface area contributed by atoms with E-state index in [2.05, 4.69) is 4.85 Å². The SMILES string of the molecule is [C-]#[N+]c1ccc(CC(=S)CC)cc1C(F)(F)F. The summed E-state index contributed by atoms with van der Waals surface area (Å²) in [6.45, 7) is 8.57. The molecule has 0 fully saturated rings. The molecular weight excluding hydrogens is 247 g/mol. The molecular formula is C12H10F3NS. The smallest absolute Gasteiger partial charge is 0.238 e. The van der Waals surface area contributed by atoms with Crippen molar-refractivity contribution in [1.29, 1.82) is 0 Å². The lowest BCUT2D eigenvalue weighted by Crippen LogP contribution is -2.07. The molecule has 0 atom stereocenters. The first-order valence-corrected chi connectivity index (χ1v) is 5.38. The van der Waals surface area contributed by atoms with Crippen molar-refractivity contribution in [2.45, 2.75) is 25.9 Å². The Morgan fingerprint density at radius 2 is 2.06 bits per heavy atom. The van der Waals surface area contributed by atoms with Crippen LogP contribution in [0.2, 0.25) is 0 Å². The highest BCUT2D eigenvalue weighted by molar-refractivity contribution is 7.80. The van der Waals surface area contributed by atoms with Gasteiger partial charge in [-0.1, -0.05) is 37.3 Å². The fraction of sp³-hybridized carbons (Fsp3) is 0.333. The third kappa shape index (κ3) is 3.53. The highest BCUT2D eigenvalue weighted by Gasteiger charge is 2.33. The topological polar surface area (TPSA) is 4.36 Å². The Labute approximate surface area is 103 Å². The number of hydrogen-bond acceptors (Lipinski definition) is 1. The summed E-state index contributed by atoms with van der Waals surface area (Å²) in [5, 5.41) is 0. The first-order chi connectivity index (χ1) is 7.88. The average molecular weight is 257 g/mol. The van der Waals surface area contributed by atoms with E-state index in [0.29, 0.717) is 23.3 Å². The maximum absolute atomic E-state index is 12.7. The van der Waals surface area contributed by atoms with Crippen molar-refractivity contribution in [3.8, 4) is 0 Å². The Bertz CT molecular complexity index is 472. The van der Waals surface area contributed by atoms with E-state index in [1.54, 1.807) is 0 Å². The Kier molecular flexibility index (Phi) is 4.24. The first-order valence-electron chi connectivity index (χ1n) is 4.97. The van der Waals surface area contributed by atoms with Gasteiger partial charge in [0.05, 0.1) is 12.1 Å². The second kappa shape index (κ2) is 5.28. The molecule has 0 bridgehead atoms. The molecule has 0 heterocycles. The first kappa shape index (κ1) is 13.7. The maximum Gasteiger partial charge on any atom is 0.407 e. The third-order valence-electron chi connectivity index (χ3n) is 2.28. The van der Waals surface area contributed by atoms with Gasteiger partial charge in [0.15, 0.2) is 5.69 Å². The predicted molar refractivity (Wildman–Crippen MR) is 64.3 cm³/mol. The maximum atomic E-state index is 12.7. The van der Waals surface area contributed by atoms with E-state index in [-0.39, 0.29) is 5.69 Å². The molecule has 1 nitrogen and oxygen atoms in total. The normalized spacial score (nSPS) is 11.0. The number of halogens is 3. The van der Waals surface area contributed by atoms with Gasteiger partial charge in [-0.25, -0.2) is 4.85 Å². The van der Waals surface area contributed by atoms with Crippen molar-refractivity contribution in [3.63, 3.8) is 0 Å². The standard InChI is InChI=1S/C12H10F3NS/c1-3-9(17)6-8-4-5-11(16-2)10(7-8)12(13,14)15/h4-5,7H,3,6H2,1H3. The van der Waals surface area contributed by atoms with E-state index >= 15 is 0 Å². The molecule has 0 aliphatic rings. The van der Waals surface area contributed by atoms with Gasteiger partial charge < -0.3 is 0 Å². The van der Waals surface area contributed by atoms with Gasteiger partial charge in [0.25, 0.3) is 0 Å². The summed E-state index contributed by atoms with van der Waals surface area (Å²) in [4.78, 5) is 3.58. The minimum absolute atomic E-state index is 0.340. The van der Waals surface area contributed by atoms with Gasteiger partial charge >= 0.3 is 6.18 Å². The van der Waals surface area contributed by atoms with Gasteiger partial charge in [-0.05, 0) is 16.8 Å². The lowest BCUT2D eigenvalue weighted by atomic mass is 10.0. The van der Waals surface area contributed by atoms with Gasteiger partial charge in [-0.2, -0.15) is 13.2 Å². The zero-order chi connectivity index (χ0) is 13.1. The van der Waals surface area contributed by atoms with Crippen LogP contribution in [0, 0.1) is 6.57 Å². The van der Waals surface area contributed by atoms with Crippen LogP contribution < -0.4 is 0 Å². The number of thiocarbonyl (C=S) groups is 1. The van der Waals surface area contributed by atoms with Gasteiger partial charge in [-0.15, -0.1) is 0 Å². The molecule has 0 aliphatic carbocycles. The van der Waals surface area contributed by atoms with Gasteiger partial charge in [-0.3, -0.25) is 0 Å². The minimum Gasteiger partial charge on any atom is -0.238 e. The molecule has 90 valence electrons. The quantitative estimate of drug-likeness (QED) is 0.566. The Morgan fingerprint density at radius 1 is 1.41 bits per heavy atom. The molecule has 1 aromatic rings. The van der Waals surface area contributed by atoms with E-state index in [4.69, 9.17) is 18.8 Å². The van der Waals surface area contributed by atoms with Crippen LogP contribution in [-0.2, 0) is 12.6 Å². The highest BCUT2D eigenvalue weighted by Crippen LogP contribution is 2.37. The van der Waals surface area contributed by atoms with Gasteiger partial charge in [0.2, 0.25) is 0 Å². The number of alkyl halides is 3. The van der Waals surface area contributed by atoms with Crippen molar-refractivity contribution in [2.75, 3.05) is 0 Å². The number of nitrogens with zero attached hydrogens (tertiary/aromatic N) is 1. The number of benzene rings is 1. The van der Waals surface area contributed by atoms with Gasteiger partial charge in [0.1, 0.15) is 0 Å². The third-order valence-corrected chi connectivity index (χ3v) is 2.72. The molecule has 17 heavy (non-hydrogen) atoms. The van der Waals surface area contributed by atoms with Crippen molar-refractivity contribution in [2.24, 2.45) is 0 Å². The van der Waals surface area contributed by atoms with E-state index in [0.717, 1.165) is 6.07 Å². The second-order valence-electron chi connectivity index (χ2n) is 3.53. The Morgan fingerprint density at radius 3 is 2.53 bits per heavy atom. The fourth-order valence-corrected chi connectivity index (χ4v) is 1.54. The van der Waals surface area contributed by atoms with E-state index in [9.17, 15) is 13.2 Å². The van der Waals surface area contributed by atoms with Crippen LogP contribution in [0.25, 0.3) is 4.85 Å². The van der Waals surface area contributed by atoms with Crippen LogP contribution in [0.1, 0.15) is 24.5 Å². The van der Waals surface area contributed by atoms with Gasteiger partial charge in [0, 0.05) is 6.42 Å². The Hall–Kier alpha value is -1.41. The predicted octanol–water partition coefficient (Wildman–Crippen LogP) is 4.58. The molecule has 0 radical (unpaired) electrons. The summed E-state index contributed by atoms with van der Waals surface area (Å²) in [7, 11) is 0. The van der Waals surface area contributed by atoms with Crippen molar-refractivity contribution in [3.05, 3.63) is 40.7 Å². The molecule has 1 aromatic carbocycles. The van der Waals surface area contributed by atoms with E-state index in [1.807, 2.05) is 6.92 Å². The summed E-state index contributed by atoms with van der Waals surface area (Å²) < 4.78 is 38.0. The zero-order valence-corrected chi connectivity index (χ0v) is 9.95. The fourth-order valence-electron chi connectivity index (χ4n) is 1.37. The van der Waals surface area contributed by atoms with Crippen LogP contribution in [0.3, 0.4) is 0 Å². The minimum atomic E-state index is -4.50. The molecule has 0 aliphatic heterocycles. The average Bonchev–Trinajstić information content (AvgIpc) is 2.27. The Balaban J connectivity index is 3.15. The van der Waals surface area contributed by atoms with Crippen LogP contribution >= 0.6 is 12.2 Å². The van der Waals surface area contributed by atoms with Crippen LogP contribution in [0.5, 0.6) is 0 Å². The van der Waals surface area contributed by atoms with Crippen LogP contribution in [-0.4, -0.2) is 4.86 Å². The summed E-state index contributed by atoms with van der Waals surface area (Å²) in [6.07, 6.45) is -3.50. The lowest BCUT2D eigenvalue weighted by Gasteiger charge is -2.11. The number of hydrogen-bond donors (Lipinski definition) is 0. The molecule has 0 spiro atoms. The van der Waals surface area contributed by atoms with Crippen molar-refractivity contribution in [1.82, 2.24) is 0 Å². The lowest BCUT2D eigenvalue weighted by molar-refractivity contribution is -0.136. The summed E-state index contributed by atoms with van der Waals surface area (Å²) in [5.41, 5.74) is -0.760. The molecule has 0 aromatic heterocycles. The van der Waals surface area contributed by atoms with E-state index < -0.39 is 11.7 Å². The molecule has 0 unspecified atom stereocenters. The highest BCUT2D eigenvalue weighted by atomic mass is 32.1. The van der Waals surface area contributed by atoms with Crippen LogP contribution in [0.4, 0.5) is 18.9 Å². The second-order valence-corrected chi connectivity index (χ2v) is 4.11. The molecule has 0 saturated heterocycles. The molecule has 5 heteroatoms. The zero-order valence-electron chi connectivity index (χ0n) is 9.14. The largest absolute Gasteiger partial charge is 0.407 e. The summed E-state index contributed by atoms with van der Waals surface area (Å²) in [6, 6.07) is 3.73. The van der Waals surface area contributed by atoms with Crippen LogP contribution in [0.15, 0.2) is 18.2 Å². The van der Waals surface area contributed by atoms with E-state index in [1.165, 1.54) is 12.1 Å². The monoisotopic (exact) mass is 257 g/mol. The molecule has 0 N–H and O–H groups in total.